The number of benzene rings is 2. The van der Waals surface area contributed by atoms with Gasteiger partial charge in [-0.2, -0.15) is 0 Å². The molecule has 0 aliphatic carbocycles. The molecule has 2 heterocycles. The van der Waals surface area contributed by atoms with Crippen LogP contribution >= 0.6 is 39.3 Å². The number of thioether (sulfide) groups is 1. The minimum absolute atomic E-state index is 0.403. The molecule has 4 rings (SSSR count). The van der Waals surface area contributed by atoms with Gasteiger partial charge in [-0.25, -0.2) is 4.79 Å². The summed E-state index contributed by atoms with van der Waals surface area (Å²) in [4.78, 5) is 11.9. The van der Waals surface area contributed by atoms with Gasteiger partial charge in [0.2, 0.25) is 5.89 Å². The molecule has 136 valence electrons. The molecule has 0 fully saturated rings. The average molecular weight is 464 g/mol. The van der Waals surface area contributed by atoms with Crippen molar-refractivity contribution in [2.24, 2.45) is 0 Å². The molecule has 0 saturated heterocycles. The summed E-state index contributed by atoms with van der Waals surface area (Å²) in [6.45, 7) is 1.87. The van der Waals surface area contributed by atoms with Crippen molar-refractivity contribution in [1.82, 2.24) is 10.2 Å². The molecular formula is C19H12BrClN2O3S. The Labute approximate surface area is 171 Å². The Balaban J connectivity index is 1.61. The lowest BCUT2D eigenvalue weighted by atomic mass is 10.1. The molecule has 0 radical (unpaired) electrons. The Hall–Kier alpha value is -2.09. The maximum Gasteiger partial charge on any atom is 0.336 e. The monoisotopic (exact) mass is 462 g/mol. The van der Waals surface area contributed by atoms with Gasteiger partial charge in [-0.05, 0) is 48.4 Å². The topological polar surface area (TPSA) is 69.1 Å². The molecule has 0 bridgehead atoms. The zero-order valence-electron chi connectivity index (χ0n) is 14.0. The van der Waals surface area contributed by atoms with Gasteiger partial charge in [0.05, 0.1) is 0 Å². The van der Waals surface area contributed by atoms with Crippen molar-refractivity contribution < 1.29 is 8.83 Å². The summed E-state index contributed by atoms with van der Waals surface area (Å²) < 4.78 is 11.9. The Morgan fingerprint density at radius 2 is 2.00 bits per heavy atom. The van der Waals surface area contributed by atoms with Gasteiger partial charge in [-0.3, -0.25) is 0 Å². The van der Waals surface area contributed by atoms with Crippen LogP contribution in [0.2, 0.25) is 5.02 Å². The molecule has 0 unspecified atom stereocenters. The first-order valence-corrected chi connectivity index (χ1v) is 10.1. The van der Waals surface area contributed by atoms with E-state index in [0.29, 0.717) is 27.5 Å². The van der Waals surface area contributed by atoms with E-state index in [4.69, 9.17) is 20.4 Å². The van der Waals surface area contributed by atoms with E-state index in [0.717, 1.165) is 26.5 Å². The number of hydrogen-bond acceptors (Lipinski definition) is 6. The fourth-order valence-corrected chi connectivity index (χ4v) is 3.93. The molecule has 0 amide bonds. The second kappa shape index (κ2) is 7.50. The maximum absolute atomic E-state index is 11.9. The van der Waals surface area contributed by atoms with Crippen LogP contribution < -0.4 is 5.63 Å². The Morgan fingerprint density at radius 3 is 2.81 bits per heavy atom. The van der Waals surface area contributed by atoms with Gasteiger partial charge in [-0.1, -0.05) is 45.4 Å². The highest BCUT2D eigenvalue weighted by Crippen LogP contribution is 2.30. The molecule has 0 atom stereocenters. The number of aryl methyl sites for hydroxylation is 1. The van der Waals surface area contributed by atoms with Gasteiger partial charge in [0, 0.05) is 32.3 Å². The normalized spacial score (nSPS) is 11.2. The van der Waals surface area contributed by atoms with Crippen LogP contribution in [0.5, 0.6) is 0 Å². The minimum Gasteiger partial charge on any atom is -0.423 e. The summed E-state index contributed by atoms with van der Waals surface area (Å²) in [6, 6.07) is 12.7. The van der Waals surface area contributed by atoms with Crippen molar-refractivity contribution >= 4 is 50.3 Å². The number of nitrogens with zero attached hydrogens (tertiary/aromatic N) is 2. The van der Waals surface area contributed by atoms with Crippen molar-refractivity contribution in [2.75, 3.05) is 0 Å². The first-order valence-electron chi connectivity index (χ1n) is 7.95. The number of aromatic nitrogens is 2. The predicted octanol–water partition coefficient (Wildman–Crippen LogP) is 5.86. The summed E-state index contributed by atoms with van der Waals surface area (Å²) in [7, 11) is 0. The van der Waals surface area contributed by atoms with Gasteiger partial charge >= 0.3 is 5.63 Å². The summed E-state index contributed by atoms with van der Waals surface area (Å²) in [5, 5.41) is 10.00. The Morgan fingerprint density at radius 1 is 1.15 bits per heavy atom. The van der Waals surface area contributed by atoms with Crippen LogP contribution in [0.4, 0.5) is 0 Å². The smallest absolute Gasteiger partial charge is 0.336 e. The summed E-state index contributed by atoms with van der Waals surface area (Å²) in [5.74, 6) is 0.914. The third-order valence-electron chi connectivity index (χ3n) is 3.94. The molecule has 5 nitrogen and oxygen atoms in total. The van der Waals surface area contributed by atoms with E-state index in [9.17, 15) is 4.79 Å². The van der Waals surface area contributed by atoms with Gasteiger partial charge in [0.25, 0.3) is 5.22 Å². The number of halogens is 2. The van der Waals surface area contributed by atoms with Crippen molar-refractivity contribution in [3.05, 3.63) is 73.5 Å². The summed E-state index contributed by atoms with van der Waals surface area (Å²) in [6.07, 6.45) is 0. The van der Waals surface area contributed by atoms with Crippen LogP contribution in [-0.4, -0.2) is 10.2 Å². The molecule has 0 N–H and O–H groups in total. The fourth-order valence-electron chi connectivity index (χ4n) is 2.61. The van der Waals surface area contributed by atoms with E-state index in [1.165, 1.54) is 17.8 Å². The molecule has 2 aromatic carbocycles. The highest BCUT2D eigenvalue weighted by atomic mass is 79.9. The van der Waals surface area contributed by atoms with E-state index in [1.54, 1.807) is 6.07 Å². The highest BCUT2D eigenvalue weighted by molar-refractivity contribution is 9.10. The van der Waals surface area contributed by atoms with Crippen molar-refractivity contribution in [3.63, 3.8) is 0 Å². The first-order chi connectivity index (χ1) is 13.0. The van der Waals surface area contributed by atoms with Gasteiger partial charge in [0.15, 0.2) is 0 Å². The molecule has 0 aliphatic rings. The number of rotatable bonds is 4. The second-order valence-corrected chi connectivity index (χ2v) is 8.11. The number of fused-ring (bicyclic) bond motifs is 1. The van der Waals surface area contributed by atoms with Gasteiger partial charge in [-0.15, -0.1) is 10.2 Å². The van der Waals surface area contributed by atoms with Crippen LogP contribution in [0, 0.1) is 6.92 Å². The lowest BCUT2D eigenvalue weighted by Gasteiger charge is -2.06. The van der Waals surface area contributed by atoms with Crippen LogP contribution in [-0.2, 0) is 5.75 Å². The van der Waals surface area contributed by atoms with Crippen molar-refractivity contribution in [1.29, 1.82) is 0 Å². The second-order valence-electron chi connectivity index (χ2n) is 5.86. The zero-order valence-corrected chi connectivity index (χ0v) is 17.2. The minimum atomic E-state index is -0.403. The predicted molar refractivity (Wildman–Crippen MR) is 109 cm³/mol. The van der Waals surface area contributed by atoms with Crippen LogP contribution in [0.15, 0.2) is 65.8 Å². The third kappa shape index (κ3) is 3.95. The van der Waals surface area contributed by atoms with Gasteiger partial charge in [0.1, 0.15) is 5.58 Å². The highest BCUT2D eigenvalue weighted by Gasteiger charge is 2.13. The Bertz CT molecular complexity index is 1210. The van der Waals surface area contributed by atoms with Crippen LogP contribution in [0.1, 0.15) is 11.1 Å². The molecule has 8 heteroatoms. The van der Waals surface area contributed by atoms with Crippen LogP contribution in [0.25, 0.3) is 22.4 Å². The van der Waals surface area contributed by atoms with Crippen molar-refractivity contribution in [2.45, 2.75) is 17.9 Å². The van der Waals surface area contributed by atoms with Crippen LogP contribution in [0.3, 0.4) is 0 Å². The quantitative estimate of drug-likeness (QED) is 0.279. The average Bonchev–Trinajstić information content (AvgIpc) is 3.10. The molecule has 0 aliphatic heterocycles. The molecule has 2 aromatic heterocycles. The van der Waals surface area contributed by atoms with Crippen molar-refractivity contribution in [3.8, 4) is 11.5 Å². The zero-order chi connectivity index (χ0) is 19.0. The van der Waals surface area contributed by atoms with E-state index in [1.807, 2.05) is 37.3 Å². The summed E-state index contributed by atoms with van der Waals surface area (Å²) >= 11 is 11.0. The lowest BCUT2D eigenvalue weighted by Crippen LogP contribution is -2.00. The maximum atomic E-state index is 11.9. The summed E-state index contributed by atoms with van der Waals surface area (Å²) in [5.41, 5.74) is 2.60. The molecule has 4 aromatic rings. The lowest BCUT2D eigenvalue weighted by molar-refractivity contribution is 0.466. The third-order valence-corrected chi connectivity index (χ3v) is 5.71. The van der Waals surface area contributed by atoms with E-state index in [2.05, 4.69) is 26.1 Å². The molecule has 27 heavy (non-hydrogen) atoms. The fraction of sp³-hybridized carbons (Fsp3) is 0.105. The standard InChI is InChI=1S/C19H12BrClN2O3S/c1-10-5-16-14(8-15(10)21)12(7-17(24)25-16)9-27-19-23-22-18(26-19)11-3-2-4-13(20)6-11/h2-8H,9H2,1H3. The first kappa shape index (κ1) is 18.3. The Kier molecular flexibility index (Phi) is 5.08. The molecule has 0 spiro atoms. The van der Waals surface area contributed by atoms with E-state index in [-0.39, 0.29) is 0 Å². The molecule has 0 saturated carbocycles. The molecular weight excluding hydrogens is 452 g/mol. The number of hydrogen-bond donors (Lipinski definition) is 0. The van der Waals surface area contributed by atoms with Gasteiger partial charge < -0.3 is 8.83 Å². The van der Waals surface area contributed by atoms with E-state index < -0.39 is 5.63 Å². The van der Waals surface area contributed by atoms with E-state index >= 15 is 0 Å². The largest absolute Gasteiger partial charge is 0.423 e. The SMILES string of the molecule is Cc1cc2oc(=O)cc(CSc3nnc(-c4cccc(Br)c4)o3)c2cc1Cl.